The molecule has 0 saturated heterocycles. The van der Waals surface area contributed by atoms with E-state index in [0.717, 1.165) is 24.6 Å². The first-order valence-corrected chi connectivity index (χ1v) is 7.44. The normalized spacial score (nSPS) is 10.9. The maximum absolute atomic E-state index is 11.4. The molecule has 0 aliphatic carbocycles. The van der Waals surface area contributed by atoms with Crippen LogP contribution in [0.5, 0.6) is 0 Å². The predicted octanol–water partition coefficient (Wildman–Crippen LogP) is 3.32. The quantitative estimate of drug-likeness (QED) is 0.415. The molecule has 1 aromatic carbocycles. The minimum Gasteiger partial charge on any atom is -0.468 e. The number of fused-ring (bicyclic) bond motifs is 1. The lowest BCUT2D eigenvalue weighted by atomic mass is 10.2. The third kappa shape index (κ3) is 2.65. The van der Waals surface area contributed by atoms with Gasteiger partial charge >= 0.3 is 5.97 Å². The summed E-state index contributed by atoms with van der Waals surface area (Å²) < 4.78 is 8.08. The van der Waals surface area contributed by atoms with Gasteiger partial charge in [-0.3, -0.25) is 9.48 Å². The number of benzene rings is 1. The van der Waals surface area contributed by atoms with E-state index in [1.807, 2.05) is 12.1 Å². The number of hydrogen-bond acceptors (Lipinski definition) is 3. The molecule has 18 heavy (non-hydrogen) atoms. The standard InChI is InChI=1S/C11H9BrClIN2O2/c1-18-9(17)5-16-10-6(4-13)2-7(12)3-8(10)11(14)15-16/h2-3H,4-5H2,1H3. The van der Waals surface area contributed by atoms with E-state index in [1.54, 1.807) is 4.68 Å². The number of hydrogen-bond donors (Lipinski definition) is 0. The molecule has 2 aromatic rings. The molecule has 0 N–H and O–H groups in total. The maximum Gasteiger partial charge on any atom is 0.327 e. The van der Waals surface area contributed by atoms with E-state index in [1.165, 1.54) is 7.11 Å². The zero-order chi connectivity index (χ0) is 13.3. The van der Waals surface area contributed by atoms with Crippen molar-refractivity contribution in [3.8, 4) is 0 Å². The second-order valence-electron chi connectivity index (χ2n) is 3.62. The molecule has 1 heterocycles. The Kier molecular flexibility index (Phi) is 4.50. The van der Waals surface area contributed by atoms with Gasteiger partial charge < -0.3 is 4.74 Å². The zero-order valence-electron chi connectivity index (χ0n) is 9.41. The first-order valence-electron chi connectivity index (χ1n) is 5.04. The van der Waals surface area contributed by atoms with Gasteiger partial charge in [-0.05, 0) is 40.3 Å². The Morgan fingerprint density at radius 3 is 2.94 bits per heavy atom. The molecule has 0 bridgehead atoms. The van der Waals surface area contributed by atoms with Gasteiger partial charge in [-0.1, -0.05) is 15.9 Å². The van der Waals surface area contributed by atoms with Crippen molar-refractivity contribution in [2.75, 3.05) is 7.11 Å². The second kappa shape index (κ2) is 5.75. The summed E-state index contributed by atoms with van der Waals surface area (Å²) in [6, 6.07) is 3.90. The summed E-state index contributed by atoms with van der Waals surface area (Å²) in [7, 11) is 1.36. The van der Waals surface area contributed by atoms with E-state index in [9.17, 15) is 4.79 Å². The van der Waals surface area contributed by atoms with E-state index in [2.05, 4.69) is 48.4 Å². The van der Waals surface area contributed by atoms with Crippen molar-refractivity contribution >= 4 is 67.0 Å². The summed E-state index contributed by atoms with van der Waals surface area (Å²) in [6.07, 6.45) is 0. The highest BCUT2D eigenvalue weighted by Crippen LogP contribution is 2.29. The second-order valence-corrected chi connectivity index (χ2v) is 5.82. The highest BCUT2D eigenvalue weighted by molar-refractivity contribution is 14.1. The molecule has 4 nitrogen and oxygen atoms in total. The van der Waals surface area contributed by atoms with Crippen molar-refractivity contribution in [1.29, 1.82) is 0 Å². The molecular weight excluding hydrogens is 434 g/mol. The number of carbonyl (C=O) groups excluding carboxylic acids is 1. The van der Waals surface area contributed by atoms with Gasteiger partial charge in [0.1, 0.15) is 10.2 Å². The summed E-state index contributed by atoms with van der Waals surface area (Å²) in [4.78, 5) is 11.4. The van der Waals surface area contributed by atoms with E-state index < -0.39 is 0 Å². The lowest BCUT2D eigenvalue weighted by molar-refractivity contribution is -0.141. The lowest BCUT2D eigenvalue weighted by Gasteiger charge is -2.05. The van der Waals surface area contributed by atoms with Crippen molar-refractivity contribution < 1.29 is 9.53 Å². The fraction of sp³-hybridized carbons (Fsp3) is 0.273. The van der Waals surface area contributed by atoms with Crippen molar-refractivity contribution in [2.45, 2.75) is 12.4 Å². The minimum atomic E-state index is -0.334. The van der Waals surface area contributed by atoms with Crippen molar-refractivity contribution in [3.63, 3.8) is 0 Å². The Labute approximate surface area is 131 Å². The first-order chi connectivity index (χ1) is 8.56. The molecule has 0 unspecified atom stereocenters. The molecule has 0 amide bonds. The van der Waals surface area contributed by atoms with Crippen LogP contribution in [0.25, 0.3) is 10.9 Å². The number of esters is 1. The molecule has 1 aromatic heterocycles. The monoisotopic (exact) mass is 442 g/mol. The Balaban J connectivity index is 2.64. The Morgan fingerprint density at radius 1 is 1.61 bits per heavy atom. The van der Waals surface area contributed by atoms with Crippen molar-refractivity contribution in [3.05, 3.63) is 25.9 Å². The Bertz CT molecular complexity index is 615. The van der Waals surface area contributed by atoms with Gasteiger partial charge in [-0.15, -0.1) is 11.6 Å². The number of alkyl halides is 1. The highest BCUT2D eigenvalue weighted by Gasteiger charge is 2.15. The van der Waals surface area contributed by atoms with Crippen LogP contribution in [0.3, 0.4) is 0 Å². The summed E-state index contributed by atoms with van der Waals surface area (Å²) in [6.45, 7) is 0.0848. The van der Waals surface area contributed by atoms with Crippen LogP contribution in [0.1, 0.15) is 5.56 Å². The average molecular weight is 443 g/mol. The Hall–Kier alpha value is -0.340. The van der Waals surface area contributed by atoms with E-state index in [-0.39, 0.29) is 12.5 Å². The third-order valence-corrected chi connectivity index (χ3v) is 4.04. The van der Waals surface area contributed by atoms with Crippen LogP contribution in [0.4, 0.5) is 0 Å². The molecule has 0 fully saturated rings. The summed E-state index contributed by atoms with van der Waals surface area (Å²) in [5.41, 5.74) is 1.81. The Morgan fingerprint density at radius 2 is 2.33 bits per heavy atom. The molecule has 2 rings (SSSR count). The van der Waals surface area contributed by atoms with Gasteiger partial charge in [0.05, 0.1) is 12.6 Å². The van der Waals surface area contributed by atoms with Crippen LogP contribution < -0.4 is 0 Å². The number of nitrogens with zero attached hydrogens (tertiary/aromatic N) is 2. The van der Waals surface area contributed by atoms with E-state index in [0.29, 0.717) is 5.88 Å². The number of methoxy groups -OCH3 is 1. The van der Waals surface area contributed by atoms with E-state index in [4.69, 9.17) is 11.6 Å². The first kappa shape index (κ1) is 14.1. The summed E-state index contributed by atoms with van der Waals surface area (Å²) >= 11 is 11.5. The van der Waals surface area contributed by atoms with Gasteiger partial charge in [-0.25, -0.2) is 0 Å². The largest absolute Gasteiger partial charge is 0.468 e. The van der Waals surface area contributed by atoms with Crippen LogP contribution >= 0.6 is 50.1 Å². The topological polar surface area (TPSA) is 44.1 Å². The van der Waals surface area contributed by atoms with Crippen LogP contribution in [-0.2, 0) is 22.0 Å². The molecule has 0 atom stereocenters. The highest BCUT2D eigenvalue weighted by atomic mass is 127. The third-order valence-electron chi connectivity index (χ3n) is 2.49. The van der Waals surface area contributed by atoms with E-state index >= 15 is 0 Å². The molecule has 7 heteroatoms. The molecule has 0 spiro atoms. The summed E-state index contributed by atoms with van der Waals surface area (Å²) in [5, 5.41) is 5.33. The molecule has 0 radical (unpaired) electrons. The van der Waals surface area contributed by atoms with Gasteiger partial charge in [0, 0.05) is 15.7 Å². The number of rotatable bonds is 3. The molecule has 0 saturated carbocycles. The predicted molar refractivity (Wildman–Crippen MR) is 81.7 cm³/mol. The maximum atomic E-state index is 11.4. The fourth-order valence-corrected chi connectivity index (χ4v) is 3.11. The SMILES string of the molecule is COC(=O)Cn1nc(I)c2cc(Br)cc(CCl)c21. The molecular formula is C11H9BrClIN2O2. The fourth-order valence-electron chi connectivity index (χ4n) is 1.73. The number of halogens is 3. The molecule has 0 aliphatic heterocycles. The molecule has 96 valence electrons. The van der Waals surface area contributed by atoms with Crippen LogP contribution in [0.15, 0.2) is 16.6 Å². The van der Waals surface area contributed by atoms with Gasteiger partial charge in [-0.2, -0.15) is 5.10 Å². The smallest absolute Gasteiger partial charge is 0.327 e. The van der Waals surface area contributed by atoms with Gasteiger partial charge in [0.2, 0.25) is 0 Å². The van der Waals surface area contributed by atoms with Crippen LogP contribution in [0.2, 0.25) is 0 Å². The van der Waals surface area contributed by atoms with Crippen LogP contribution in [-0.4, -0.2) is 22.9 Å². The zero-order valence-corrected chi connectivity index (χ0v) is 13.9. The molecule has 0 aliphatic rings. The summed E-state index contributed by atoms with van der Waals surface area (Å²) in [5.74, 6) is 0.0260. The van der Waals surface area contributed by atoms with Crippen LogP contribution in [0, 0.1) is 3.70 Å². The number of carbonyl (C=O) groups is 1. The van der Waals surface area contributed by atoms with Crippen molar-refractivity contribution in [1.82, 2.24) is 9.78 Å². The number of ether oxygens (including phenoxy) is 1. The van der Waals surface area contributed by atoms with Gasteiger partial charge in [0.15, 0.2) is 0 Å². The van der Waals surface area contributed by atoms with Crippen molar-refractivity contribution in [2.24, 2.45) is 0 Å². The minimum absolute atomic E-state index is 0.0848. The lowest BCUT2D eigenvalue weighted by Crippen LogP contribution is -2.13. The van der Waals surface area contributed by atoms with Gasteiger partial charge in [0.25, 0.3) is 0 Å². The average Bonchev–Trinajstić information content (AvgIpc) is 2.65. The number of aromatic nitrogens is 2.